The second kappa shape index (κ2) is 5.64. The Kier molecular flexibility index (Phi) is 4.07. The SMILES string of the molecule is CC(C)(C)c1ccc(NC(=O)c2c(F)cccc2F)cc1. The Balaban J connectivity index is 2.21. The van der Waals surface area contributed by atoms with E-state index in [0.29, 0.717) is 5.69 Å². The van der Waals surface area contributed by atoms with E-state index in [0.717, 1.165) is 17.7 Å². The highest BCUT2D eigenvalue weighted by molar-refractivity contribution is 6.04. The lowest BCUT2D eigenvalue weighted by Crippen LogP contribution is -2.16. The predicted molar refractivity (Wildman–Crippen MR) is 79.5 cm³/mol. The molecule has 1 amide bonds. The number of hydrogen-bond acceptors (Lipinski definition) is 1. The highest BCUT2D eigenvalue weighted by Crippen LogP contribution is 2.24. The van der Waals surface area contributed by atoms with Gasteiger partial charge in [-0.3, -0.25) is 4.79 Å². The lowest BCUT2D eigenvalue weighted by molar-refractivity contribution is 0.101. The van der Waals surface area contributed by atoms with E-state index in [9.17, 15) is 13.6 Å². The molecular weight excluding hydrogens is 272 g/mol. The van der Waals surface area contributed by atoms with Crippen molar-refractivity contribution in [3.05, 3.63) is 65.2 Å². The van der Waals surface area contributed by atoms with Gasteiger partial charge in [0.1, 0.15) is 17.2 Å². The van der Waals surface area contributed by atoms with Crippen molar-refractivity contribution in [2.24, 2.45) is 0 Å². The van der Waals surface area contributed by atoms with E-state index in [-0.39, 0.29) is 5.41 Å². The Bertz CT molecular complexity index is 637. The van der Waals surface area contributed by atoms with Crippen LogP contribution in [0, 0.1) is 11.6 Å². The molecule has 1 N–H and O–H groups in total. The molecule has 0 aliphatic rings. The van der Waals surface area contributed by atoms with E-state index >= 15 is 0 Å². The first-order valence-electron chi connectivity index (χ1n) is 6.65. The molecule has 2 nitrogen and oxygen atoms in total. The lowest BCUT2D eigenvalue weighted by atomic mass is 9.87. The van der Waals surface area contributed by atoms with Crippen LogP contribution in [0.15, 0.2) is 42.5 Å². The van der Waals surface area contributed by atoms with E-state index in [2.05, 4.69) is 26.1 Å². The number of halogens is 2. The van der Waals surface area contributed by atoms with E-state index in [1.807, 2.05) is 12.1 Å². The molecule has 2 aromatic carbocycles. The largest absolute Gasteiger partial charge is 0.322 e. The summed E-state index contributed by atoms with van der Waals surface area (Å²) < 4.78 is 27.0. The quantitative estimate of drug-likeness (QED) is 0.865. The van der Waals surface area contributed by atoms with Crippen LogP contribution >= 0.6 is 0 Å². The zero-order valence-electron chi connectivity index (χ0n) is 12.2. The molecule has 0 radical (unpaired) electrons. The van der Waals surface area contributed by atoms with Gasteiger partial charge in [-0.05, 0) is 35.2 Å². The van der Waals surface area contributed by atoms with Gasteiger partial charge in [0.15, 0.2) is 0 Å². The van der Waals surface area contributed by atoms with Crippen molar-refractivity contribution in [3.8, 4) is 0 Å². The van der Waals surface area contributed by atoms with Crippen molar-refractivity contribution in [1.82, 2.24) is 0 Å². The van der Waals surface area contributed by atoms with E-state index < -0.39 is 23.1 Å². The number of carbonyl (C=O) groups is 1. The van der Waals surface area contributed by atoms with E-state index in [4.69, 9.17) is 0 Å². The summed E-state index contributed by atoms with van der Waals surface area (Å²) in [5.74, 6) is -2.55. The first-order valence-corrected chi connectivity index (χ1v) is 6.65. The molecule has 0 fully saturated rings. The highest BCUT2D eigenvalue weighted by Gasteiger charge is 2.17. The second-order valence-corrected chi connectivity index (χ2v) is 5.88. The molecule has 0 heterocycles. The van der Waals surface area contributed by atoms with Crippen LogP contribution in [0.1, 0.15) is 36.7 Å². The van der Waals surface area contributed by atoms with Crippen LogP contribution in [0.25, 0.3) is 0 Å². The van der Waals surface area contributed by atoms with Gasteiger partial charge in [0, 0.05) is 5.69 Å². The van der Waals surface area contributed by atoms with Gasteiger partial charge in [-0.2, -0.15) is 0 Å². The van der Waals surface area contributed by atoms with E-state index in [1.165, 1.54) is 6.07 Å². The summed E-state index contributed by atoms with van der Waals surface area (Å²) in [6, 6.07) is 10.5. The minimum atomic E-state index is -0.876. The Morgan fingerprint density at radius 1 is 0.952 bits per heavy atom. The van der Waals surface area contributed by atoms with Gasteiger partial charge in [0.05, 0.1) is 0 Å². The smallest absolute Gasteiger partial charge is 0.261 e. The number of carbonyl (C=O) groups excluding carboxylic acids is 1. The normalized spacial score (nSPS) is 11.3. The third-order valence-electron chi connectivity index (χ3n) is 3.20. The fourth-order valence-electron chi connectivity index (χ4n) is 1.96. The van der Waals surface area contributed by atoms with Crippen molar-refractivity contribution in [2.45, 2.75) is 26.2 Å². The summed E-state index contributed by atoms with van der Waals surface area (Å²) >= 11 is 0. The number of anilines is 1. The van der Waals surface area contributed by atoms with Crippen molar-refractivity contribution >= 4 is 11.6 Å². The van der Waals surface area contributed by atoms with Gasteiger partial charge < -0.3 is 5.32 Å². The van der Waals surface area contributed by atoms with Gasteiger partial charge in [-0.1, -0.05) is 39.0 Å². The standard InChI is InChI=1S/C17H17F2NO/c1-17(2,3)11-7-9-12(10-8-11)20-16(21)15-13(18)5-4-6-14(15)19/h4-10H,1-3H3,(H,20,21). The molecule has 0 unspecified atom stereocenters. The van der Waals surface area contributed by atoms with Gasteiger partial charge in [-0.25, -0.2) is 8.78 Å². The molecule has 21 heavy (non-hydrogen) atoms. The summed E-state index contributed by atoms with van der Waals surface area (Å²) in [6.07, 6.45) is 0. The first kappa shape index (κ1) is 15.2. The number of rotatable bonds is 2. The van der Waals surface area contributed by atoms with Crippen LogP contribution in [-0.2, 0) is 5.41 Å². The first-order chi connectivity index (χ1) is 9.79. The Morgan fingerprint density at radius 2 is 1.48 bits per heavy atom. The van der Waals surface area contributed by atoms with Crippen molar-refractivity contribution in [3.63, 3.8) is 0 Å². The van der Waals surface area contributed by atoms with Crippen LogP contribution < -0.4 is 5.32 Å². The monoisotopic (exact) mass is 289 g/mol. The minimum absolute atomic E-state index is 0.000184. The Hall–Kier alpha value is -2.23. The zero-order chi connectivity index (χ0) is 15.6. The van der Waals surface area contributed by atoms with Crippen LogP contribution in [0.5, 0.6) is 0 Å². The van der Waals surface area contributed by atoms with Crippen LogP contribution in [0.4, 0.5) is 14.5 Å². The average molecular weight is 289 g/mol. The van der Waals surface area contributed by atoms with E-state index in [1.54, 1.807) is 12.1 Å². The molecule has 0 aromatic heterocycles. The van der Waals surface area contributed by atoms with Gasteiger partial charge in [0.2, 0.25) is 0 Å². The maximum Gasteiger partial charge on any atom is 0.261 e. The molecule has 0 saturated carbocycles. The minimum Gasteiger partial charge on any atom is -0.322 e. The summed E-state index contributed by atoms with van der Waals surface area (Å²) in [6.45, 7) is 6.24. The summed E-state index contributed by atoms with van der Waals surface area (Å²) in [5, 5.41) is 2.50. The Morgan fingerprint density at radius 3 is 1.95 bits per heavy atom. The Labute approximate surface area is 122 Å². The molecule has 4 heteroatoms. The molecule has 0 saturated heterocycles. The molecule has 2 rings (SSSR count). The summed E-state index contributed by atoms with van der Waals surface area (Å²) in [5.41, 5.74) is 1.03. The topological polar surface area (TPSA) is 29.1 Å². The lowest BCUT2D eigenvalue weighted by Gasteiger charge is -2.19. The molecule has 0 aliphatic carbocycles. The maximum atomic E-state index is 13.5. The van der Waals surface area contributed by atoms with Gasteiger partial charge in [-0.15, -0.1) is 0 Å². The summed E-state index contributed by atoms with van der Waals surface area (Å²) in [4.78, 5) is 11.9. The fourth-order valence-corrected chi connectivity index (χ4v) is 1.96. The molecule has 0 aliphatic heterocycles. The number of hydrogen-bond donors (Lipinski definition) is 1. The van der Waals surface area contributed by atoms with Gasteiger partial charge in [0.25, 0.3) is 5.91 Å². The fraction of sp³-hybridized carbons (Fsp3) is 0.235. The van der Waals surface area contributed by atoms with Crippen molar-refractivity contribution in [2.75, 3.05) is 5.32 Å². The molecule has 0 spiro atoms. The predicted octanol–water partition coefficient (Wildman–Crippen LogP) is 4.51. The van der Waals surface area contributed by atoms with Crippen molar-refractivity contribution in [1.29, 1.82) is 0 Å². The highest BCUT2D eigenvalue weighted by atomic mass is 19.1. The second-order valence-electron chi connectivity index (χ2n) is 5.88. The molecular formula is C17H17F2NO. The number of benzene rings is 2. The third kappa shape index (κ3) is 3.45. The maximum absolute atomic E-state index is 13.5. The zero-order valence-corrected chi connectivity index (χ0v) is 12.2. The van der Waals surface area contributed by atoms with Crippen LogP contribution in [0.3, 0.4) is 0 Å². The number of nitrogens with one attached hydrogen (secondary N) is 1. The van der Waals surface area contributed by atoms with Crippen LogP contribution in [0.2, 0.25) is 0 Å². The number of amides is 1. The molecule has 2 aromatic rings. The van der Waals surface area contributed by atoms with Crippen molar-refractivity contribution < 1.29 is 13.6 Å². The summed E-state index contributed by atoms with van der Waals surface area (Å²) in [7, 11) is 0. The molecule has 0 bridgehead atoms. The molecule has 110 valence electrons. The van der Waals surface area contributed by atoms with Crippen LogP contribution in [-0.4, -0.2) is 5.91 Å². The third-order valence-corrected chi connectivity index (χ3v) is 3.20. The van der Waals surface area contributed by atoms with Gasteiger partial charge >= 0.3 is 0 Å². The average Bonchev–Trinajstić information content (AvgIpc) is 2.38. The molecule has 0 atom stereocenters.